The smallest absolute Gasteiger partial charge is 0.321 e. The highest BCUT2D eigenvalue weighted by atomic mass is 32.2. The monoisotopic (exact) mass is 391 g/mol. The third-order valence-corrected chi connectivity index (χ3v) is 7.69. The molecule has 0 unspecified atom stereocenters. The Labute approximate surface area is 157 Å². The summed E-state index contributed by atoms with van der Waals surface area (Å²) in [4.78, 5) is 18.4. The third-order valence-electron chi connectivity index (χ3n) is 5.47. The molecule has 8 nitrogen and oxygen atoms in total. The maximum atomic E-state index is 12.7. The molecule has 2 aromatic rings. The molecule has 2 fully saturated rings. The molecule has 144 valence electrons. The Kier molecular flexibility index (Phi) is 4.43. The number of amides is 2. The zero-order valence-corrected chi connectivity index (χ0v) is 15.9. The molecular weight excluding hydrogens is 370 g/mol. The summed E-state index contributed by atoms with van der Waals surface area (Å²) < 4.78 is 35.3. The molecule has 0 bridgehead atoms. The van der Waals surface area contributed by atoms with Crippen molar-refractivity contribution in [3.8, 4) is 11.5 Å². The van der Waals surface area contributed by atoms with Crippen molar-refractivity contribution >= 4 is 21.6 Å². The molecule has 0 radical (unpaired) electrons. The number of hydrogen-bond acceptors (Lipinski definition) is 6. The average molecular weight is 391 g/mol. The van der Waals surface area contributed by atoms with Gasteiger partial charge in [0.25, 0.3) is 0 Å². The molecule has 2 aliphatic heterocycles. The van der Waals surface area contributed by atoms with Gasteiger partial charge >= 0.3 is 6.03 Å². The van der Waals surface area contributed by atoms with Crippen molar-refractivity contribution in [2.24, 2.45) is 5.92 Å². The first kappa shape index (κ1) is 18.0. The molecule has 4 rings (SSSR count). The van der Waals surface area contributed by atoms with E-state index in [1.807, 2.05) is 19.1 Å². The van der Waals surface area contributed by atoms with Crippen molar-refractivity contribution in [2.75, 3.05) is 31.3 Å². The fourth-order valence-corrected chi connectivity index (χ4v) is 6.26. The molecular formula is C18H21N3O5S. The number of urea groups is 1. The normalized spacial score (nSPS) is 26.1. The van der Waals surface area contributed by atoms with Crippen LogP contribution in [0.4, 0.5) is 10.5 Å². The second kappa shape index (κ2) is 6.65. The van der Waals surface area contributed by atoms with Crippen molar-refractivity contribution in [3.63, 3.8) is 0 Å². The van der Waals surface area contributed by atoms with E-state index in [4.69, 9.17) is 9.15 Å². The summed E-state index contributed by atoms with van der Waals surface area (Å²) in [7, 11) is -1.72. The molecule has 2 saturated heterocycles. The van der Waals surface area contributed by atoms with E-state index in [0.717, 1.165) is 11.1 Å². The van der Waals surface area contributed by atoms with Crippen molar-refractivity contribution in [2.45, 2.75) is 18.3 Å². The number of nitrogens with one attached hydrogen (secondary N) is 1. The van der Waals surface area contributed by atoms with Crippen LogP contribution in [0.15, 0.2) is 35.1 Å². The molecule has 9 heteroatoms. The maximum absolute atomic E-state index is 12.7. The van der Waals surface area contributed by atoms with Gasteiger partial charge in [-0.05, 0) is 24.6 Å². The number of oxazole rings is 1. The molecule has 2 aliphatic rings. The molecule has 0 aliphatic carbocycles. The van der Waals surface area contributed by atoms with Crippen LogP contribution in [-0.4, -0.2) is 61.6 Å². The van der Waals surface area contributed by atoms with E-state index in [-0.39, 0.29) is 30.4 Å². The number of aromatic nitrogens is 1. The van der Waals surface area contributed by atoms with Gasteiger partial charge in [0.15, 0.2) is 9.84 Å². The summed E-state index contributed by atoms with van der Waals surface area (Å²) >= 11 is 0. The van der Waals surface area contributed by atoms with Gasteiger partial charge in [-0.3, -0.25) is 0 Å². The van der Waals surface area contributed by atoms with Gasteiger partial charge in [0, 0.05) is 37.4 Å². The van der Waals surface area contributed by atoms with Crippen LogP contribution >= 0.6 is 0 Å². The van der Waals surface area contributed by atoms with Crippen molar-refractivity contribution in [1.82, 2.24) is 9.88 Å². The van der Waals surface area contributed by atoms with Crippen LogP contribution in [0.25, 0.3) is 11.5 Å². The number of hydrogen-bond donors (Lipinski definition) is 1. The molecule has 27 heavy (non-hydrogen) atoms. The Morgan fingerprint density at radius 3 is 2.89 bits per heavy atom. The van der Waals surface area contributed by atoms with Gasteiger partial charge in [-0.1, -0.05) is 6.07 Å². The Morgan fingerprint density at radius 2 is 2.19 bits per heavy atom. The third kappa shape index (κ3) is 3.10. The van der Waals surface area contributed by atoms with Crippen LogP contribution in [-0.2, 0) is 14.6 Å². The van der Waals surface area contributed by atoms with Gasteiger partial charge in [0.2, 0.25) is 5.89 Å². The minimum absolute atomic E-state index is 0.0333. The fourth-order valence-electron chi connectivity index (χ4n) is 3.97. The van der Waals surface area contributed by atoms with Crippen LogP contribution in [0.2, 0.25) is 0 Å². The van der Waals surface area contributed by atoms with E-state index in [1.54, 1.807) is 17.2 Å². The summed E-state index contributed by atoms with van der Waals surface area (Å²) in [6.45, 7) is 2.43. The minimum atomic E-state index is -3.24. The number of sulfone groups is 1. The van der Waals surface area contributed by atoms with Gasteiger partial charge in [-0.2, -0.15) is 0 Å². The number of rotatable bonds is 3. The number of carbonyl (C=O) groups excluding carboxylic acids is 1. The van der Waals surface area contributed by atoms with E-state index in [0.29, 0.717) is 18.1 Å². The predicted molar refractivity (Wildman–Crippen MR) is 99.1 cm³/mol. The first-order chi connectivity index (χ1) is 12.9. The first-order valence-corrected chi connectivity index (χ1v) is 10.4. The lowest BCUT2D eigenvalue weighted by atomic mass is 10.0. The number of ether oxygens (including phenoxy) is 1. The molecule has 1 aromatic heterocycles. The minimum Gasteiger partial charge on any atom is -0.445 e. The summed E-state index contributed by atoms with van der Waals surface area (Å²) in [6, 6.07) is 5.16. The van der Waals surface area contributed by atoms with E-state index >= 15 is 0 Å². The molecule has 1 N–H and O–H groups in total. The number of carbonyl (C=O) groups is 1. The second-order valence-corrected chi connectivity index (χ2v) is 9.22. The SMILES string of the molecule is CO[C@@H]1CS(=O)(=O)[C@H]2CN(C(=O)Nc3cccc(-c4ncco4)c3C)C[C@@H]12. The molecule has 2 amide bonds. The lowest BCUT2D eigenvalue weighted by Gasteiger charge is -2.21. The molecule has 3 atom stereocenters. The van der Waals surface area contributed by atoms with Gasteiger partial charge in [0.1, 0.15) is 6.26 Å². The van der Waals surface area contributed by atoms with E-state index in [2.05, 4.69) is 10.3 Å². The molecule has 0 spiro atoms. The van der Waals surface area contributed by atoms with Crippen LogP contribution in [0.3, 0.4) is 0 Å². The summed E-state index contributed by atoms with van der Waals surface area (Å²) in [5, 5.41) is 2.34. The van der Waals surface area contributed by atoms with Gasteiger partial charge in [0.05, 0.1) is 23.3 Å². The van der Waals surface area contributed by atoms with E-state index < -0.39 is 15.1 Å². The number of anilines is 1. The molecule has 0 saturated carbocycles. The summed E-state index contributed by atoms with van der Waals surface area (Å²) in [6.07, 6.45) is 2.71. The number of nitrogens with zero attached hydrogens (tertiary/aromatic N) is 2. The molecule has 1 aromatic carbocycles. The van der Waals surface area contributed by atoms with Crippen molar-refractivity contribution in [1.29, 1.82) is 0 Å². The lowest BCUT2D eigenvalue weighted by molar-refractivity contribution is 0.0825. The Morgan fingerprint density at radius 1 is 1.37 bits per heavy atom. The second-order valence-electron chi connectivity index (χ2n) is 6.96. The largest absolute Gasteiger partial charge is 0.445 e. The lowest BCUT2D eigenvalue weighted by Crippen LogP contribution is -2.36. The summed E-state index contributed by atoms with van der Waals surface area (Å²) in [5.74, 6) is 0.338. The van der Waals surface area contributed by atoms with Crippen molar-refractivity contribution in [3.05, 3.63) is 36.2 Å². The topological polar surface area (TPSA) is 102 Å². The Bertz CT molecular complexity index is 957. The van der Waals surface area contributed by atoms with Gasteiger partial charge < -0.3 is 19.4 Å². The Hall–Kier alpha value is -2.39. The highest BCUT2D eigenvalue weighted by Crippen LogP contribution is 2.36. The Balaban J connectivity index is 1.52. The highest BCUT2D eigenvalue weighted by molar-refractivity contribution is 7.92. The number of likely N-dealkylation sites (tertiary alicyclic amines) is 1. The zero-order chi connectivity index (χ0) is 19.2. The summed E-state index contributed by atoms with van der Waals surface area (Å²) in [5.41, 5.74) is 2.26. The standard InChI is InChI=1S/C18H21N3O5S/c1-11-12(17-19-6-7-26-17)4-3-5-14(11)20-18(22)21-8-13-15(25-2)10-27(23,24)16(13)9-21/h3-7,13,15-16H,8-10H2,1-2H3,(H,20,22)/t13-,15+,16-/m0/s1. The predicted octanol–water partition coefficient (Wildman–Crippen LogP) is 1.93. The quantitative estimate of drug-likeness (QED) is 0.858. The number of fused-ring (bicyclic) bond motifs is 1. The average Bonchev–Trinajstić information content (AvgIpc) is 3.35. The van der Waals surface area contributed by atoms with Crippen LogP contribution < -0.4 is 5.32 Å². The number of benzene rings is 1. The maximum Gasteiger partial charge on any atom is 0.321 e. The van der Waals surface area contributed by atoms with Crippen LogP contribution in [0.5, 0.6) is 0 Å². The number of methoxy groups -OCH3 is 1. The molecule has 3 heterocycles. The van der Waals surface area contributed by atoms with E-state index in [9.17, 15) is 13.2 Å². The van der Waals surface area contributed by atoms with Gasteiger partial charge in [-0.15, -0.1) is 0 Å². The van der Waals surface area contributed by atoms with Crippen molar-refractivity contribution < 1.29 is 22.4 Å². The van der Waals surface area contributed by atoms with Crippen LogP contribution in [0, 0.1) is 12.8 Å². The highest BCUT2D eigenvalue weighted by Gasteiger charge is 2.53. The zero-order valence-electron chi connectivity index (χ0n) is 15.1. The fraction of sp³-hybridized carbons (Fsp3) is 0.444. The van der Waals surface area contributed by atoms with Gasteiger partial charge in [-0.25, -0.2) is 18.2 Å². The van der Waals surface area contributed by atoms with Crippen LogP contribution in [0.1, 0.15) is 5.56 Å². The van der Waals surface area contributed by atoms with E-state index in [1.165, 1.54) is 13.4 Å². The first-order valence-electron chi connectivity index (χ1n) is 8.70.